The normalized spacial score (nSPS) is 12.8. The molecule has 0 amide bonds. The molecule has 0 saturated heterocycles. The molecule has 0 spiro atoms. The lowest BCUT2D eigenvalue weighted by molar-refractivity contribution is 0.561. The maximum atomic E-state index is 12.8. The van der Waals surface area contributed by atoms with E-state index in [9.17, 15) is 4.39 Å². The maximum Gasteiger partial charge on any atom is 0.123 e. The Morgan fingerprint density at radius 1 is 1.46 bits per heavy atom. The Morgan fingerprint density at radius 2 is 2.23 bits per heavy atom. The van der Waals surface area contributed by atoms with Crippen molar-refractivity contribution in [1.82, 2.24) is 0 Å². The van der Waals surface area contributed by atoms with E-state index in [0.717, 1.165) is 18.4 Å². The number of hydrogen-bond donors (Lipinski definition) is 0. The Bertz CT molecular complexity index is 256. The summed E-state index contributed by atoms with van der Waals surface area (Å²) in [6.45, 7) is 2.10. The molecule has 0 aromatic heterocycles. The second-order valence-electron chi connectivity index (χ2n) is 3.26. The second kappa shape index (κ2) is 5.23. The molecule has 1 aromatic rings. The number of hydrogen-bond acceptors (Lipinski definition) is 0. The third-order valence-corrected chi connectivity index (χ3v) is 2.65. The van der Waals surface area contributed by atoms with Crippen LogP contribution in [-0.4, -0.2) is 5.88 Å². The molecule has 1 rings (SSSR count). The van der Waals surface area contributed by atoms with Gasteiger partial charge in [-0.15, -0.1) is 11.6 Å². The summed E-state index contributed by atoms with van der Waals surface area (Å²) in [4.78, 5) is 0. The highest BCUT2D eigenvalue weighted by Crippen LogP contribution is 2.14. The molecule has 1 unspecified atom stereocenters. The zero-order chi connectivity index (χ0) is 9.68. The average Bonchev–Trinajstić information content (AvgIpc) is 2.14. The van der Waals surface area contributed by atoms with Gasteiger partial charge in [-0.3, -0.25) is 0 Å². The lowest BCUT2D eigenvalue weighted by Crippen LogP contribution is -2.04. The molecule has 0 aliphatic heterocycles. The Balaban J connectivity index is 2.62. The molecule has 0 aliphatic carbocycles. The van der Waals surface area contributed by atoms with Gasteiger partial charge < -0.3 is 0 Å². The molecule has 0 bridgehead atoms. The van der Waals surface area contributed by atoms with Crippen molar-refractivity contribution >= 4 is 11.6 Å². The van der Waals surface area contributed by atoms with E-state index in [1.54, 1.807) is 12.1 Å². The molecule has 13 heavy (non-hydrogen) atoms. The van der Waals surface area contributed by atoms with Crippen LogP contribution in [0, 0.1) is 11.7 Å². The summed E-state index contributed by atoms with van der Waals surface area (Å²) >= 11 is 5.76. The van der Waals surface area contributed by atoms with Gasteiger partial charge in [0.05, 0.1) is 0 Å². The third kappa shape index (κ3) is 3.35. The Hall–Kier alpha value is -0.560. The van der Waals surface area contributed by atoms with E-state index in [1.165, 1.54) is 6.07 Å². The smallest absolute Gasteiger partial charge is 0.123 e. The minimum absolute atomic E-state index is 0.165. The van der Waals surface area contributed by atoms with E-state index in [2.05, 4.69) is 6.92 Å². The van der Waals surface area contributed by atoms with Gasteiger partial charge in [0.2, 0.25) is 0 Å². The van der Waals surface area contributed by atoms with Crippen LogP contribution < -0.4 is 0 Å². The summed E-state index contributed by atoms with van der Waals surface area (Å²) in [6.07, 6.45) is 1.91. The number of halogens is 2. The predicted octanol–water partition coefficient (Wildman–Crippen LogP) is 3.63. The number of rotatable bonds is 4. The second-order valence-corrected chi connectivity index (χ2v) is 3.57. The van der Waals surface area contributed by atoms with Gasteiger partial charge in [0.1, 0.15) is 5.82 Å². The zero-order valence-corrected chi connectivity index (χ0v) is 8.52. The van der Waals surface area contributed by atoms with Gasteiger partial charge in [-0.2, -0.15) is 0 Å². The molecular weight excluding hydrogens is 187 g/mol. The number of alkyl halides is 1. The van der Waals surface area contributed by atoms with Crippen LogP contribution in [0.3, 0.4) is 0 Å². The first kappa shape index (κ1) is 10.5. The van der Waals surface area contributed by atoms with Crippen molar-refractivity contribution in [2.24, 2.45) is 5.92 Å². The minimum Gasteiger partial charge on any atom is -0.207 e. The van der Waals surface area contributed by atoms with Gasteiger partial charge in [-0.1, -0.05) is 25.5 Å². The van der Waals surface area contributed by atoms with Gasteiger partial charge in [-0.05, 0) is 30.0 Å². The molecular formula is C11H14ClF. The molecule has 0 aliphatic rings. The fourth-order valence-electron chi connectivity index (χ4n) is 1.31. The van der Waals surface area contributed by atoms with Crippen molar-refractivity contribution < 1.29 is 4.39 Å². The Labute approximate surface area is 83.7 Å². The fourth-order valence-corrected chi connectivity index (χ4v) is 1.63. The molecule has 1 atom stereocenters. The first-order chi connectivity index (χ1) is 6.26. The summed E-state index contributed by atoms with van der Waals surface area (Å²) in [5.74, 6) is 0.943. The first-order valence-electron chi connectivity index (χ1n) is 4.56. The molecule has 0 heterocycles. The van der Waals surface area contributed by atoms with E-state index >= 15 is 0 Å². The average molecular weight is 201 g/mol. The Kier molecular flexibility index (Phi) is 4.23. The van der Waals surface area contributed by atoms with E-state index in [1.807, 2.05) is 6.07 Å². The van der Waals surface area contributed by atoms with Crippen molar-refractivity contribution in [1.29, 1.82) is 0 Å². The maximum absolute atomic E-state index is 12.8. The molecule has 1 aromatic carbocycles. The molecule has 0 nitrogen and oxygen atoms in total. The molecule has 0 fully saturated rings. The summed E-state index contributed by atoms with van der Waals surface area (Å²) in [7, 11) is 0. The van der Waals surface area contributed by atoms with Gasteiger partial charge in [-0.25, -0.2) is 4.39 Å². The van der Waals surface area contributed by atoms with Crippen LogP contribution in [0.2, 0.25) is 0 Å². The van der Waals surface area contributed by atoms with Crippen LogP contribution >= 0.6 is 11.6 Å². The molecule has 72 valence electrons. The highest BCUT2D eigenvalue weighted by Gasteiger charge is 2.05. The first-order valence-corrected chi connectivity index (χ1v) is 5.10. The van der Waals surface area contributed by atoms with Crippen molar-refractivity contribution in [3.63, 3.8) is 0 Å². The quantitative estimate of drug-likeness (QED) is 0.652. The van der Waals surface area contributed by atoms with Crippen molar-refractivity contribution in [3.05, 3.63) is 35.6 Å². The van der Waals surface area contributed by atoms with Crippen LogP contribution in [0.4, 0.5) is 4.39 Å². The lowest BCUT2D eigenvalue weighted by Gasteiger charge is -2.10. The summed E-state index contributed by atoms with van der Waals surface area (Å²) in [5, 5.41) is 0. The SMILES string of the molecule is CCC(CCl)Cc1cccc(F)c1. The molecule has 0 saturated carbocycles. The topological polar surface area (TPSA) is 0 Å². The zero-order valence-electron chi connectivity index (χ0n) is 7.76. The van der Waals surface area contributed by atoms with E-state index in [0.29, 0.717) is 11.8 Å². The molecule has 0 radical (unpaired) electrons. The van der Waals surface area contributed by atoms with Gasteiger partial charge in [0.15, 0.2) is 0 Å². The standard InChI is InChI=1S/C11H14ClF/c1-2-9(8-12)6-10-4-3-5-11(13)7-10/h3-5,7,9H,2,6,8H2,1H3. The van der Waals surface area contributed by atoms with Crippen LogP contribution in [0.5, 0.6) is 0 Å². The largest absolute Gasteiger partial charge is 0.207 e. The van der Waals surface area contributed by atoms with Crippen molar-refractivity contribution in [3.8, 4) is 0 Å². The van der Waals surface area contributed by atoms with Crippen molar-refractivity contribution in [2.45, 2.75) is 19.8 Å². The molecule has 0 N–H and O–H groups in total. The lowest BCUT2D eigenvalue weighted by atomic mass is 9.99. The molecule has 2 heteroatoms. The van der Waals surface area contributed by atoms with Gasteiger partial charge in [0.25, 0.3) is 0 Å². The van der Waals surface area contributed by atoms with E-state index < -0.39 is 0 Å². The Morgan fingerprint density at radius 3 is 2.77 bits per heavy atom. The minimum atomic E-state index is -0.165. The van der Waals surface area contributed by atoms with E-state index in [4.69, 9.17) is 11.6 Å². The van der Waals surface area contributed by atoms with E-state index in [-0.39, 0.29) is 5.82 Å². The third-order valence-electron chi connectivity index (χ3n) is 2.21. The van der Waals surface area contributed by atoms with Crippen LogP contribution in [-0.2, 0) is 6.42 Å². The van der Waals surface area contributed by atoms with Gasteiger partial charge in [0, 0.05) is 5.88 Å². The number of benzene rings is 1. The van der Waals surface area contributed by atoms with Crippen LogP contribution in [0.15, 0.2) is 24.3 Å². The van der Waals surface area contributed by atoms with Crippen molar-refractivity contribution in [2.75, 3.05) is 5.88 Å². The fraction of sp³-hybridized carbons (Fsp3) is 0.455. The highest BCUT2D eigenvalue weighted by molar-refractivity contribution is 6.18. The van der Waals surface area contributed by atoms with Crippen LogP contribution in [0.25, 0.3) is 0 Å². The van der Waals surface area contributed by atoms with Crippen LogP contribution in [0.1, 0.15) is 18.9 Å². The monoisotopic (exact) mass is 200 g/mol. The predicted molar refractivity (Wildman–Crippen MR) is 54.6 cm³/mol. The highest BCUT2D eigenvalue weighted by atomic mass is 35.5. The summed E-state index contributed by atoms with van der Waals surface area (Å²) < 4.78 is 12.8. The summed E-state index contributed by atoms with van der Waals surface area (Å²) in [6, 6.07) is 6.73. The summed E-state index contributed by atoms with van der Waals surface area (Å²) in [5.41, 5.74) is 1.03. The van der Waals surface area contributed by atoms with Gasteiger partial charge >= 0.3 is 0 Å².